The number of carboxylic acid groups (broad SMARTS) is 1. The van der Waals surface area contributed by atoms with E-state index in [0.29, 0.717) is 13.0 Å². The zero-order valence-electron chi connectivity index (χ0n) is 10.1. The Morgan fingerprint density at radius 3 is 2.24 bits per heavy atom. The number of hydrogen-bond acceptors (Lipinski definition) is 5. The second-order valence-corrected chi connectivity index (χ2v) is 3.57. The van der Waals surface area contributed by atoms with E-state index in [0.717, 1.165) is 0 Å². The normalized spacial score (nSPS) is 14.1. The van der Waals surface area contributed by atoms with Gasteiger partial charge in [0.05, 0.1) is 6.04 Å². The first-order chi connectivity index (χ1) is 8.02. The van der Waals surface area contributed by atoms with Gasteiger partial charge in [0.25, 0.3) is 0 Å². The van der Waals surface area contributed by atoms with Crippen LogP contribution in [0.2, 0.25) is 0 Å². The molecule has 2 atom stereocenters. The number of methoxy groups -OCH3 is 2. The summed E-state index contributed by atoms with van der Waals surface area (Å²) in [6.07, 6.45) is 0.549. The summed E-state index contributed by atoms with van der Waals surface area (Å²) in [5.74, 6) is -1.60. The molecule has 7 nitrogen and oxygen atoms in total. The molecule has 0 heterocycles. The van der Waals surface area contributed by atoms with E-state index in [-0.39, 0.29) is 13.0 Å². The van der Waals surface area contributed by atoms with Crippen molar-refractivity contribution in [2.75, 3.05) is 27.4 Å². The zero-order valence-corrected chi connectivity index (χ0v) is 10.1. The third-order valence-electron chi connectivity index (χ3n) is 2.19. The summed E-state index contributed by atoms with van der Waals surface area (Å²) in [6, 6.07) is -1.74. The van der Waals surface area contributed by atoms with Gasteiger partial charge in [-0.15, -0.1) is 0 Å². The first-order valence-corrected chi connectivity index (χ1v) is 5.29. The van der Waals surface area contributed by atoms with Gasteiger partial charge in [-0.25, -0.2) is 4.79 Å². The smallest absolute Gasteiger partial charge is 0.326 e. The van der Waals surface area contributed by atoms with Gasteiger partial charge in [-0.05, 0) is 6.42 Å². The molecule has 0 spiro atoms. The highest BCUT2D eigenvalue weighted by Crippen LogP contribution is 1.96. The number of nitrogens with one attached hydrogen (secondary N) is 1. The van der Waals surface area contributed by atoms with Crippen LogP contribution in [0.15, 0.2) is 0 Å². The lowest BCUT2D eigenvalue weighted by Gasteiger charge is -2.17. The van der Waals surface area contributed by atoms with Crippen molar-refractivity contribution in [1.82, 2.24) is 5.32 Å². The number of aliphatic carboxylic acids is 1. The van der Waals surface area contributed by atoms with Crippen LogP contribution in [0.25, 0.3) is 0 Å². The zero-order chi connectivity index (χ0) is 13.3. The van der Waals surface area contributed by atoms with Crippen molar-refractivity contribution < 1.29 is 24.2 Å². The Labute approximate surface area is 100 Å². The Kier molecular flexibility index (Phi) is 8.29. The number of nitrogens with two attached hydrogens (primary N) is 1. The molecule has 0 aromatic carbocycles. The molecule has 100 valence electrons. The van der Waals surface area contributed by atoms with Crippen LogP contribution >= 0.6 is 0 Å². The van der Waals surface area contributed by atoms with E-state index >= 15 is 0 Å². The van der Waals surface area contributed by atoms with Gasteiger partial charge in [0.2, 0.25) is 5.91 Å². The van der Waals surface area contributed by atoms with Gasteiger partial charge in [-0.3, -0.25) is 4.79 Å². The molecule has 0 aliphatic carbocycles. The number of amides is 1. The average molecular weight is 248 g/mol. The molecular formula is C10H20N2O5. The molecule has 0 rings (SSSR count). The second kappa shape index (κ2) is 8.91. The van der Waals surface area contributed by atoms with E-state index < -0.39 is 24.0 Å². The Bertz CT molecular complexity index is 247. The van der Waals surface area contributed by atoms with E-state index in [9.17, 15) is 9.59 Å². The van der Waals surface area contributed by atoms with E-state index in [2.05, 4.69) is 5.32 Å². The topological polar surface area (TPSA) is 111 Å². The van der Waals surface area contributed by atoms with Gasteiger partial charge in [0.15, 0.2) is 0 Å². The summed E-state index contributed by atoms with van der Waals surface area (Å²) in [6.45, 7) is 0.606. The SMILES string of the molecule is COCCC(N)C(=O)NC(CCOC)C(=O)O. The fourth-order valence-electron chi connectivity index (χ4n) is 1.15. The summed E-state index contributed by atoms with van der Waals surface area (Å²) < 4.78 is 9.55. The first-order valence-electron chi connectivity index (χ1n) is 5.29. The van der Waals surface area contributed by atoms with E-state index in [4.69, 9.17) is 20.3 Å². The minimum atomic E-state index is -1.10. The van der Waals surface area contributed by atoms with Crippen molar-refractivity contribution in [3.05, 3.63) is 0 Å². The van der Waals surface area contributed by atoms with Crippen molar-refractivity contribution >= 4 is 11.9 Å². The van der Waals surface area contributed by atoms with Crippen LogP contribution in [0.5, 0.6) is 0 Å². The standard InChI is InChI=1S/C10H20N2O5/c1-16-5-3-7(11)9(13)12-8(10(14)15)4-6-17-2/h7-8H,3-6,11H2,1-2H3,(H,12,13)(H,14,15). The highest BCUT2D eigenvalue weighted by molar-refractivity contribution is 5.86. The molecule has 2 unspecified atom stereocenters. The van der Waals surface area contributed by atoms with Gasteiger partial charge in [-0.1, -0.05) is 0 Å². The van der Waals surface area contributed by atoms with Crippen LogP contribution in [0.4, 0.5) is 0 Å². The molecule has 0 aliphatic heterocycles. The largest absolute Gasteiger partial charge is 0.480 e. The quantitative estimate of drug-likeness (QED) is 0.480. The van der Waals surface area contributed by atoms with Crippen molar-refractivity contribution in [3.63, 3.8) is 0 Å². The molecule has 17 heavy (non-hydrogen) atoms. The molecule has 1 amide bonds. The monoisotopic (exact) mass is 248 g/mol. The number of rotatable bonds is 9. The molecule has 0 saturated heterocycles. The third kappa shape index (κ3) is 6.88. The summed E-state index contributed by atoms with van der Waals surface area (Å²) in [7, 11) is 2.97. The van der Waals surface area contributed by atoms with Crippen LogP contribution in [0, 0.1) is 0 Å². The maximum Gasteiger partial charge on any atom is 0.326 e. The fraction of sp³-hybridized carbons (Fsp3) is 0.800. The Morgan fingerprint density at radius 2 is 1.76 bits per heavy atom. The van der Waals surface area contributed by atoms with Crippen molar-refractivity contribution in [2.24, 2.45) is 5.73 Å². The lowest BCUT2D eigenvalue weighted by molar-refractivity contribution is -0.142. The molecule has 0 saturated carbocycles. The molecule has 0 fully saturated rings. The number of carbonyl (C=O) groups is 2. The Hall–Kier alpha value is -1.18. The predicted octanol–water partition coefficient (Wildman–Crippen LogP) is -1.04. The van der Waals surface area contributed by atoms with Crippen LogP contribution in [-0.2, 0) is 19.1 Å². The molecule has 0 radical (unpaired) electrons. The average Bonchev–Trinajstić information content (AvgIpc) is 2.30. The second-order valence-electron chi connectivity index (χ2n) is 3.57. The lowest BCUT2D eigenvalue weighted by atomic mass is 10.1. The highest BCUT2D eigenvalue weighted by Gasteiger charge is 2.22. The van der Waals surface area contributed by atoms with Crippen LogP contribution in [0.1, 0.15) is 12.8 Å². The number of carbonyl (C=O) groups excluding carboxylic acids is 1. The molecule has 4 N–H and O–H groups in total. The molecule has 0 aromatic rings. The van der Waals surface area contributed by atoms with Gasteiger partial charge >= 0.3 is 5.97 Å². The lowest BCUT2D eigenvalue weighted by Crippen LogP contribution is -2.49. The maximum absolute atomic E-state index is 11.5. The Morgan fingerprint density at radius 1 is 1.24 bits per heavy atom. The van der Waals surface area contributed by atoms with Crippen molar-refractivity contribution in [3.8, 4) is 0 Å². The minimum Gasteiger partial charge on any atom is -0.480 e. The van der Waals surface area contributed by atoms with E-state index in [1.54, 1.807) is 0 Å². The molecule has 0 aromatic heterocycles. The van der Waals surface area contributed by atoms with Gasteiger partial charge < -0.3 is 25.6 Å². The predicted molar refractivity (Wildman–Crippen MR) is 60.5 cm³/mol. The van der Waals surface area contributed by atoms with Gasteiger partial charge in [0.1, 0.15) is 6.04 Å². The minimum absolute atomic E-state index is 0.203. The molecular weight excluding hydrogens is 228 g/mol. The third-order valence-corrected chi connectivity index (χ3v) is 2.19. The Balaban J connectivity index is 4.15. The van der Waals surface area contributed by atoms with E-state index in [1.165, 1.54) is 14.2 Å². The van der Waals surface area contributed by atoms with Crippen molar-refractivity contribution in [1.29, 1.82) is 0 Å². The van der Waals surface area contributed by atoms with E-state index in [1.807, 2.05) is 0 Å². The maximum atomic E-state index is 11.5. The van der Waals surface area contributed by atoms with Crippen LogP contribution in [0.3, 0.4) is 0 Å². The van der Waals surface area contributed by atoms with Crippen LogP contribution < -0.4 is 11.1 Å². The number of ether oxygens (including phenoxy) is 2. The fourth-order valence-corrected chi connectivity index (χ4v) is 1.15. The highest BCUT2D eigenvalue weighted by atomic mass is 16.5. The number of hydrogen-bond donors (Lipinski definition) is 3. The summed E-state index contributed by atoms with van der Waals surface area (Å²) in [5.41, 5.74) is 5.56. The summed E-state index contributed by atoms with van der Waals surface area (Å²) >= 11 is 0. The summed E-state index contributed by atoms with van der Waals surface area (Å²) in [4.78, 5) is 22.4. The number of carboxylic acids is 1. The first kappa shape index (κ1) is 15.8. The summed E-state index contributed by atoms with van der Waals surface area (Å²) in [5, 5.41) is 11.2. The molecule has 0 bridgehead atoms. The molecule has 7 heteroatoms. The van der Waals surface area contributed by atoms with Crippen molar-refractivity contribution in [2.45, 2.75) is 24.9 Å². The van der Waals surface area contributed by atoms with Gasteiger partial charge in [0, 0.05) is 33.9 Å². The molecule has 0 aliphatic rings. The van der Waals surface area contributed by atoms with Crippen LogP contribution in [-0.4, -0.2) is 56.5 Å². The van der Waals surface area contributed by atoms with Gasteiger partial charge in [-0.2, -0.15) is 0 Å².